The van der Waals surface area contributed by atoms with Crippen LogP contribution in [0.3, 0.4) is 0 Å². The Morgan fingerprint density at radius 3 is 1.24 bits per heavy atom. The third kappa shape index (κ3) is 5.96. The summed E-state index contributed by atoms with van der Waals surface area (Å²) in [6.07, 6.45) is 0. The third-order valence-corrected chi connectivity index (χ3v) is 15.0. The quantitative estimate of drug-likeness (QED) is 0.149. The van der Waals surface area contributed by atoms with E-state index in [-0.39, 0.29) is 6.71 Å². The van der Waals surface area contributed by atoms with Gasteiger partial charge in [0.1, 0.15) is 0 Å². The summed E-state index contributed by atoms with van der Waals surface area (Å²) >= 11 is 0. The first-order valence-corrected chi connectivity index (χ1v) is 24.8. The third-order valence-electron chi connectivity index (χ3n) is 15.0. The second kappa shape index (κ2) is 16.0. The average molecular weight is 918 g/mol. The molecule has 0 aliphatic carbocycles. The average Bonchev–Trinajstić information content (AvgIpc) is 3.96. The standard InChI is InChI=1S/C66H44BN5/c1-5-21-45(22-6-1)68(46-23-7-2-8-24-46)64-42-41-63-65-66(64)72(50-38-40-60-54(44-50)52-30-14-18-34-58(52)70(60)48-27-11-4-12-28-48)62-36-20-16-32-56(62)67(65)55-31-15-19-35-61(55)71(63)49-37-39-59-53(43-49)51-29-13-17-33-57(51)69(59)47-25-9-3-10-26-47/h1-44H. The van der Waals surface area contributed by atoms with Gasteiger partial charge in [-0.2, -0.15) is 0 Å². The Morgan fingerprint density at radius 2 is 0.708 bits per heavy atom. The van der Waals surface area contributed by atoms with Crippen LogP contribution in [0.15, 0.2) is 267 Å². The van der Waals surface area contributed by atoms with E-state index in [2.05, 4.69) is 291 Å². The summed E-state index contributed by atoms with van der Waals surface area (Å²) in [6, 6.07) is 97.9. The molecule has 13 aromatic rings. The molecule has 0 radical (unpaired) electrons. The van der Waals surface area contributed by atoms with Gasteiger partial charge in [0.05, 0.1) is 33.4 Å². The van der Waals surface area contributed by atoms with E-state index in [4.69, 9.17) is 0 Å². The molecule has 0 saturated heterocycles. The fourth-order valence-electron chi connectivity index (χ4n) is 12.1. The van der Waals surface area contributed by atoms with Crippen molar-refractivity contribution in [3.63, 3.8) is 0 Å². The highest BCUT2D eigenvalue weighted by atomic mass is 15.2. The van der Waals surface area contributed by atoms with Crippen LogP contribution in [0.1, 0.15) is 0 Å². The van der Waals surface area contributed by atoms with Crippen molar-refractivity contribution in [3.8, 4) is 11.4 Å². The minimum Gasteiger partial charge on any atom is -0.311 e. The van der Waals surface area contributed by atoms with Gasteiger partial charge in [-0.05, 0) is 138 Å². The number of anilines is 9. The van der Waals surface area contributed by atoms with Crippen molar-refractivity contribution in [2.24, 2.45) is 0 Å². The molecular formula is C66H44BN5. The van der Waals surface area contributed by atoms with E-state index in [0.717, 1.165) is 51.2 Å². The van der Waals surface area contributed by atoms with Gasteiger partial charge in [0.15, 0.2) is 0 Å². The predicted octanol–water partition coefficient (Wildman–Crippen LogP) is 15.4. The van der Waals surface area contributed by atoms with Gasteiger partial charge in [0.2, 0.25) is 0 Å². The molecule has 0 unspecified atom stereocenters. The van der Waals surface area contributed by atoms with Crippen molar-refractivity contribution in [1.29, 1.82) is 0 Å². The van der Waals surface area contributed by atoms with Crippen LogP contribution in [-0.2, 0) is 0 Å². The monoisotopic (exact) mass is 917 g/mol. The lowest BCUT2D eigenvalue weighted by Gasteiger charge is -2.46. The summed E-state index contributed by atoms with van der Waals surface area (Å²) in [7, 11) is 0. The number of hydrogen-bond donors (Lipinski definition) is 0. The second-order valence-electron chi connectivity index (χ2n) is 18.9. The topological polar surface area (TPSA) is 19.6 Å². The van der Waals surface area contributed by atoms with Crippen molar-refractivity contribution in [2.75, 3.05) is 14.7 Å². The van der Waals surface area contributed by atoms with Crippen molar-refractivity contribution in [2.45, 2.75) is 0 Å². The number of nitrogens with zero attached hydrogens (tertiary/aromatic N) is 5. The Morgan fingerprint density at radius 1 is 0.292 bits per heavy atom. The van der Waals surface area contributed by atoms with Gasteiger partial charge >= 0.3 is 0 Å². The Hall–Kier alpha value is -9.52. The maximum atomic E-state index is 2.57. The first-order valence-electron chi connectivity index (χ1n) is 24.8. The molecule has 4 heterocycles. The Balaban J connectivity index is 1.04. The predicted molar refractivity (Wildman–Crippen MR) is 304 cm³/mol. The van der Waals surface area contributed by atoms with Crippen LogP contribution in [0.2, 0.25) is 0 Å². The van der Waals surface area contributed by atoms with Crippen LogP contribution in [0.4, 0.5) is 51.2 Å². The van der Waals surface area contributed by atoms with E-state index in [1.54, 1.807) is 0 Å². The smallest absolute Gasteiger partial charge is 0.252 e. The molecule has 2 aliphatic rings. The molecule has 72 heavy (non-hydrogen) atoms. The maximum Gasteiger partial charge on any atom is 0.252 e. The lowest BCUT2D eigenvalue weighted by Crippen LogP contribution is -2.61. The Labute approximate surface area is 418 Å². The molecule has 2 aromatic heterocycles. The van der Waals surface area contributed by atoms with Crippen LogP contribution >= 0.6 is 0 Å². The number of benzene rings is 11. The zero-order chi connectivity index (χ0) is 47.3. The number of hydrogen-bond acceptors (Lipinski definition) is 3. The minimum atomic E-state index is -0.0595. The summed E-state index contributed by atoms with van der Waals surface area (Å²) in [5, 5.41) is 4.86. The molecule has 0 N–H and O–H groups in total. The van der Waals surface area contributed by atoms with Crippen LogP contribution in [0.25, 0.3) is 55.0 Å². The largest absolute Gasteiger partial charge is 0.311 e. The van der Waals surface area contributed by atoms with Crippen LogP contribution < -0.4 is 31.1 Å². The van der Waals surface area contributed by atoms with E-state index in [9.17, 15) is 0 Å². The normalized spacial score (nSPS) is 12.6. The lowest BCUT2D eigenvalue weighted by molar-refractivity contribution is 1.18. The number of aromatic nitrogens is 2. The molecule has 0 spiro atoms. The van der Waals surface area contributed by atoms with Crippen LogP contribution in [-0.4, -0.2) is 15.8 Å². The Bertz CT molecular complexity index is 4190. The summed E-state index contributed by atoms with van der Waals surface area (Å²) in [5.41, 5.74) is 21.0. The van der Waals surface area contributed by atoms with E-state index < -0.39 is 0 Å². The van der Waals surface area contributed by atoms with E-state index >= 15 is 0 Å². The molecular weight excluding hydrogens is 874 g/mol. The second-order valence-corrected chi connectivity index (χ2v) is 18.9. The molecule has 5 nitrogen and oxygen atoms in total. The van der Waals surface area contributed by atoms with Crippen molar-refractivity contribution < 1.29 is 0 Å². The number of rotatable bonds is 7. The molecule has 0 amide bonds. The fraction of sp³-hybridized carbons (Fsp3) is 0. The molecule has 0 saturated carbocycles. The minimum absolute atomic E-state index is 0.0595. The highest BCUT2D eigenvalue weighted by molar-refractivity contribution is 7.00. The van der Waals surface area contributed by atoms with Gasteiger partial charge < -0.3 is 23.8 Å². The fourth-order valence-corrected chi connectivity index (χ4v) is 12.1. The van der Waals surface area contributed by atoms with E-state index in [1.165, 1.54) is 71.4 Å². The zero-order valence-corrected chi connectivity index (χ0v) is 39.2. The first-order chi connectivity index (χ1) is 35.8. The molecule has 0 bridgehead atoms. The number of para-hydroxylation sites is 8. The highest BCUT2D eigenvalue weighted by Gasteiger charge is 2.45. The van der Waals surface area contributed by atoms with E-state index in [1.807, 2.05) is 0 Å². The van der Waals surface area contributed by atoms with Gasteiger partial charge in [-0.3, -0.25) is 0 Å². The SMILES string of the molecule is c1ccc(N(c2ccccc2)c2ccc3c4c2N(c2ccc5c(c2)c2ccccc2n5-c2ccccc2)c2ccccc2B4c2ccccc2N3c2ccc3c(c2)c2ccccc2n3-c2ccccc2)cc1. The van der Waals surface area contributed by atoms with Gasteiger partial charge in [-0.25, -0.2) is 0 Å². The molecule has 6 heteroatoms. The van der Waals surface area contributed by atoms with E-state index in [0.29, 0.717) is 0 Å². The van der Waals surface area contributed by atoms with Crippen molar-refractivity contribution in [1.82, 2.24) is 9.13 Å². The zero-order valence-electron chi connectivity index (χ0n) is 39.2. The molecule has 2 aliphatic heterocycles. The molecule has 15 rings (SSSR count). The van der Waals surface area contributed by atoms with Crippen LogP contribution in [0.5, 0.6) is 0 Å². The van der Waals surface area contributed by atoms with Crippen LogP contribution in [0, 0.1) is 0 Å². The molecule has 0 fully saturated rings. The lowest BCUT2D eigenvalue weighted by atomic mass is 9.33. The van der Waals surface area contributed by atoms with Gasteiger partial charge in [0, 0.05) is 72.7 Å². The van der Waals surface area contributed by atoms with Gasteiger partial charge in [-0.15, -0.1) is 0 Å². The molecule has 11 aromatic carbocycles. The molecule has 0 atom stereocenters. The summed E-state index contributed by atoms with van der Waals surface area (Å²) in [4.78, 5) is 7.54. The first kappa shape index (κ1) is 40.4. The van der Waals surface area contributed by atoms with Gasteiger partial charge in [0.25, 0.3) is 6.71 Å². The molecule has 336 valence electrons. The van der Waals surface area contributed by atoms with Crippen molar-refractivity contribution in [3.05, 3.63) is 267 Å². The number of fused-ring (bicyclic) bond motifs is 10. The maximum absolute atomic E-state index is 2.57. The Kier molecular flexibility index (Phi) is 8.99. The highest BCUT2D eigenvalue weighted by Crippen LogP contribution is 2.51. The summed E-state index contributed by atoms with van der Waals surface area (Å²) in [5.74, 6) is 0. The van der Waals surface area contributed by atoms with Gasteiger partial charge in [-0.1, -0.05) is 146 Å². The summed E-state index contributed by atoms with van der Waals surface area (Å²) in [6.45, 7) is -0.0595. The summed E-state index contributed by atoms with van der Waals surface area (Å²) < 4.78 is 4.80. The van der Waals surface area contributed by atoms with Crippen molar-refractivity contribution >= 4 is 118 Å².